The van der Waals surface area contributed by atoms with Crippen molar-refractivity contribution in [3.05, 3.63) is 94.4 Å². The molecule has 164 valence electrons. The number of halogens is 1. The van der Waals surface area contributed by atoms with Crippen LogP contribution in [0.3, 0.4) is 0 Å². The fraction of sp³-hybridized carbons (Fsp3) is 0.208. The van der Waals surface area contributed by atoms with Crippen molar-refractivity contribution >= 4 is 11.6 Å². The van der Waals surface area contributed by atoms with Crippen LogP contribution < -0.4 is 10.1 Å². The number of hydrogen-bond donors (Lipinski definition) is 1. The number of carbonyl (C=O) groups is 1. The maximum atomic E-state index is 13.9. The molecule has 4 aromatic rings. The first kappa shape index (κ1) is 21.3. The van der Waals surface area contributed by atoms with E-state index in [0.717, 1.165) is 16.9 Å². The molecular weight excluding hydrogens is 411 g/mol. The first-order valence-electron chi connectivity index (χ1n) is 10.1. The molecule has 0 spiro atoms. The number of nitrogens with one attached hydrogen (secondary N) is 1. The van der Waals surface area contributed by atoms with Crippen LogP contribution in [0.25, 0.3) is 0 Å². The van der Waals surface area contributed by atoms with E-state index in [1.165, 1.54) is 12.3 Å². The zero-order valence-electron chi connectivity index (χ0n) is 18.1. The molecule has 0 saturated carbocycles. The van der Waals surface area contributed by atoms with Crippen molar-refractivity contribution in [3.63, 3.8) is 0 Å². The first-order valence-corrected chi connectivity index (χ1v) is 10.1. The molecule has 8 heteroatoms. The van der Waals surface area contributed by atoms with E-state index in [1.54, 1.807) is 36.0 Å². The van der Waals surface area contributed by atoms with Crippen LogP contribution in [0, 0.1) is 26.6 Å². The normalized spacial score (nSPS) is 10.9. The van der Waals surface area contributed by atoms with Gasteiger partial charge in [-0.3, -0.25) is 9.48 Å². The van der Waals surface area contributed by atoms with Gasteiger partial charge in [0, 0.05) is 11.8 Å². The van der Waals surface area contributed by atoms with Crippen LogP contribution in [0.1, 0.15) is 38.5 Å². The molecule has 0 bridgehead atoms. The molecule has 0 fully saturated rings. The van der Waals surface area contributed by atoms with Gasteiger partial charge in [0.15, 0.2) is 5.69 Å². The minimum atomic E-state index is -0.438. The van der Waals surface area contributed by atoms with Gasteiger partial charge in [-0.25, -0.2) is 4.39 Å². The second-order valence-electron chi connectivity index (χ2n) is 7.60. The van der Waals surface area contributed by atoms with E-state index in [4.69, 9.17) is 9.26 Å². The Balaban J connectivity index is 1.45. The Labute approximate surface area is 184 Å². The molecule has 0 unspecified atom stereocenters. The van der Waals surface area contributed by atoms with E-state index in [-0.39, 0.29) is 24.7 Å². The van der Waals surface area contributed by atoms with Gasteiger partial charge in [-0.1, -0.05) is 35.5 Å². The topological polar surface area (TPSA) is 82.2 Å². The van der Waals surface area contributed by atoms with Crippen LogP contribution in [0.15, 0.2) is 59.4 Å². The van der Waals surface area contributed by atoms with Crippen LogP contribution >= 0.6 is 0 Å². The standard InChI is InChI=1S/C24H23FN4O3/c1-15-8-9-16(2)22(10-15)31-14-20-17(3)32-28-23(20)24(30)27-19-11-26-29(13-19)12-18-6-4-5-7-21(18)25/h4-11,13H,12,14H2,1-3H3,(H,27,30). The molecule has 2 heterocycles. The summed E-state index contributed by atoms with van der Waals surface area (Å²) in [5.41, 5.74) is 3.77. The average molecular weight is 434 g/mol. The summed E-state index contributed by atoms with van der Waals surface area (Å²) in [4.78, 5) is 12.8. The Hall–Kier alpha value is -3.94. The lowest BCUT2D eigenvalue weighted by Crippen LogP contribution is -2.15. The van der Waals surface area contributed by atoms with Crippen LogP contribution in [-0.4, -0.2) is 20.8 Å². The minimum Gasteiger partial charge on any atom is -0.488 e. The molecule has 0 aliphatic carbocycles. The van der Waals surface area contributed by atoms with Gasteiger partial charge in [0.25, 0.3) is 5.91 Å². The number of aryl methyl sites for hydroxylation is 3. The lowest BCUT2D eigenvalue weighted by molar-refractivity contribution is 0.101. The molecule has 0 aliphatic rings. The molecule has 7 nitrogen and oxygen atoms in total. The van der Waals surface area contributed by atoms with Crippen LogP contribution in [0.2, 0.25) is 0 Å². The molecule has 32 heavy (non-hydrogen) atoms. The lowest BCUT2D eigenvalue weighted by Gasteiger charge is -2.10. The molecule has 2 aromatic heterocycles. The van der Waals surface area contributed by atoms with Crippen molar-refractivity contribution in [2.75, 3.05) is 5.32 Å². The van der Waals surface area contributed by atoms with Gasteiger partial charge in [-0.2, -0.15) is 5.10 Å². The second kappa shape index (κ2) is 9.05. The molecule has 0 radical (unpaired) electrons. The molecule has 2 aromatic carbocycles. The predicted octanol–water partition coefficient (Wildman–Crippen LogP) is 4.82. The fourth-order valence-electron chi connectivity index (χ4n) is 3.26. The highest BCUT2D eigenvalue weighted by atomic mass is 19.1. The summed E-state index contributed by atoms with van der Waals surface area (Å²) in [5, 5.41) is 10.9. The summed E-state index contributed by atoms with van der Waals surface area (Å²) < 4.78 is 26.6. The molecule has 1 amide bonds. The van der Waals surface area contributed by atoms with Crippen LogP contribution in [0.4, 0.5) is 10.1 Å². The number of aromatic nitrogens is 3. The second-order valence-corrected chi connectivity index (χ2v) is 7.60. The highest BCUT2D eigenvalue weighted by Crippen LogP contribution is 2.23. The smallest absolute Gasteiger partial charge is 0.278 e. The van der Waals surface area contributed by atoms with Crippen LogP contribution in [0.5, 0.6) is 5.75 Å². The predicted molar refractivity (Wildman–Crippen MR) is 117 cm³/mol. The molecule has 0 aliphatic heterocycles. The van der Waals surface area contributed by atoms with Gasteiger partial charge in [-0.15, -0.1) is 0 Å². The van der Waals surface area contributed by atoms with Crippen molar-refractivity contribution in [2.24, 2.45) is 0 Å². The molecule has 0 atom stereocenters. The highest BCUT2D eigenvalue weighted by Gasteiger charge is 2.21. The highest BCUT2D eigenvalue weighted by molar-refractivity contribution is 6.03. The number of amides is 1. The van der Waals surface area contributed by atoms with Crippen molar-refractivity contribution in [3.8, 4) is 5.75 Å². The number of carbonyl (C=O) groups excluding carboxylic acids is 1. The Morgan fingerprint density at radius 1 is 1.19 bits per heavy atom. The lowest BCUT2D eigenvalue weighted by atomic mass is 10.1. The van der Waals surface area contributed by atoms with Gasteiger partial charge in [0.05, 0.1) is 24.0 Å². The first-order chi connectivity index (χ1) is 15.4. The summed E-state index contributed by atoms with van der Waals surface area (Å²) in [6.07, 6.45) is 3.13. The van der Waals surface area contributed by atoms with Gasteiger partial charge < -0.3 is 14.6 Å². The van der Waals surface area contributed by atoms with E-state index >= 15 is 0 Å². The van der Waals surface area contributed by atoms with Crippen LogP contribution in [-0.2, 0) is 13.2 Å². The van der Waals surface area contributed by atoms with Gasteiger partial charge in [0.1, 0.15) is 23.9 Å². The number of rotatable bonds is 7. The number of anilines is 1. The van der Waals surface area contributed by atoms with Crippen molar-refractivity contribution in [2.45, 2.75) is 33.9 Å². The summed E-state index contributed by atoms with van der Waals surface area (Å²) in [7, 11) is 0. The molecule has 4 rings (SSSR count). The Morgan fingerprint density at radius 3 is 2.81 bits per heavy atom. The monoisotopic (exact) mass is 434 g/mol. The number of nitrogens with zero attached hydrogens (tertiary/aromatic N) is 3. The summed E-state index contributed by atoms with van der Waals surface area (Å²) >= 11 is 0. The molecule has 0 saturated heterocycles. The van der Waals surface area contributed by atoms with E-state index in [0.29, 0.717) is 22.6 Å². The van der Waals surface area contributed by atoms with E-state index in [9.17, 15) is 9.18 Å². The van der Waals surface area contributed by atoms with Gasteiger partial charge >= 0.3 is 0 Å². The quantitative estimate of drug-likeness (QED) is 0.451. The minimum absolute atomic E-state index is 0.148. The fourth-order valence-corrected chi connectivity index (χ4v) is 3.26. The Kier molecular flexibility index (Phi) is 6.02. The zero-order chi connectivity index (χ0) is 22.7. The third-order valence-electron chi connectivity index (χ3n) is 5.10. The maximum absolute atomic E-state index is 13.9. The molecule has 1 N–H and O–H groups in total. The van der Waals surface area contributed by atoms with Gasteiger partial charge in [0.2, 0.25) is 0 Å². The van der Waals surface area contributed by atoms with Gasteiger partial charge in [-0.05, 0) is 44.0 Å². The SMILES string of the molecule is Cc1ccc(C)c(OCc2c(C(=O)Nc3cnn(Cc4ccccc4F)c3)noc2C)c1. The van der Waals surface area contributed by atoms with Crippen molar-refractivity contribution in [1.29, 1.82) is 0 Å². The number of hydrogen-bond acceptors (Lipinski definition) is 5. The largest absolute Gasteiger partial charge is 0.488 e. The molecular formula is C24H23FN4O3. The van der Waals surface area contributed by atoms with E-state index in [2.05, 4.69) is 15.6 Å². The Bertz CT molecular complexity index is 1260. The summed E-state index contributed by atoms with van der Waals surface area (Å²) in [5.74, 6) is 0.508. The third-order valence-corrected chi connectivity index (χ3v) is 5.10. The third kappa shape index (κ3) is 4.69. The zero-order valence-corrected chi connectivity index (χ0v) is 18.1. The van der Waals surface area contributed by atoms with Crippen molar-refractivity contribution < 1.29 is 18.4 Å². The van der Waals surface area contributed by atoms with E-state index < -0.39 is 5.91 Å². The maximum Gasteiger partial charge on any atom is 0.278 e. The summed E-state index contributed by atoms with van der Waals surface area (Å²) in [6, 6.07) is 12.4. The van der Waals surface area contributed by atoms with E-state index in [1.807, 2.05) is 32.0 Å². The number of benzene rings is 2. The van der Waals surface area contributed by atoms with Crippen molar-refractivity contribution in [1.82, 2.24) is 14.9 Å². The Morgan fingerprint density at radius 2 is 2.00 bits per heavy atom. The average Bonchev–Trinajstić information content (AvgIpc) is 3.36. The number of ether oxygens (including phenoxy) is 1. The summed E-state index contributed by atoms with van der Waals surface area (Å²) in [6.45, 7) is 6.08.